The molecule has 0 spiro atoms. The predicted octanol–water partition coefficient (Wildman–Crippen LogP) is 5.94. The van der Waals surface area contributed by atoms with Gasteiger partial charge in [-0.25, -0.2) is 8.42 Å². The highest BCUT2D eigenvalue weighted by Crippen LogP contribution is 2.29. The van der Waals surface area contributed by atoms with E-state index in [9.17, 15) is 18.0 Å². The van der Waals surface area contributed by atoms with Gasteiger partial charge in [-0.2, -0.15) is 0 Å². The molecule has 4 rings (SSSR count). The van der Waals surface area contributed by atoms with Crippen LogP contribution in [0.3, 0.4) is 0 Å². The van der Waals surface area contributed by atoms with Crippen LogP contribution in [0, 0.1) is 20.8 Å². The largest absolute Gasteiger partial charge is 0.352 e. The van der Waals surface area contributed by atoms with Crippen LogP contribution in [0.5, 0.6) is 0 Å². The Hall–Kier alpha value is -3.36. The number of sulfonamides is 1. The van der Waals surface area contributed by atoms with Crippen molar-refractivity contribution >= 4 is 39.1 Å². The van der Waals surface area contributed by atoms with E-state index in [1.165, 1.54) is 4.90 Å². The standard InChI is InChI=1S/C32H38ClN3O4S/c1-22-12-15-29(16-13-22)41(39,40)36(30-17-14-23(2)18-24(30)3)21-31(37)35(20-26-8-7-9-27(33)19-26)25(4)32(38)34-28-10-5-6-11-28/h7-9,12-19,25,28H,5-6,10-11,20-21H2,1-4H3,(H,34,38)/t25-/m1/s1. The molecule has 0 saturated heterocycles. The van der Waals surface area contributed by atoms with E-state index in [0.29, 0.717) is 10.7 Å². The number of hydrogen-bond acceptors (Lipinski definition) is 4. The maximum Gasteiger partial charge on any atom is 0.264 e. The first kappa shape index (κ1) is 30.6. The molecule has 2 amide bonds. The van der Waals surface area contributed by atoms with E-state index < -0.39 is 28.5 Å². The van der Waals surface area contributed by atoms with Gasteiger partial charge in [-0.05, 0) is 82.0 Å². The number of aryl methyl sites for hydroxylation is 3. The fourth-order valence-electron chi connectivity index (χ4n) is 5.24. The number of amides is 2. The van der Waals surface area contributed by atoms with E-state index in [-0.39, 0.29) is 23.4 Å². The number of nitrogens with zero attached hydrogens (tertiary/aromatic N) is 2. The average molecular weight is 596 g/mol. The van der Waals surface area contributed by atoms with Gasteiger partial charge in [-0.3, -0.25) is 13.9 Å². The maximum absolute atomic E-state index is 14.1. The van der Waals surface area contributed by atoms with Gasteiger partial charge in [0, 0.05) is 17.6 Å². The Balaban J connectivity index is 1.71. The molecule has 1 N–H and O–H groups in total. The number of benzene rings is 3. The highest BCUT2D eigenvalue weighted by molar-refractivity contribution is 7.92. The van der Waals surface area contributed by atoms with Crippen LogP contribution in [-0.2, 0) is 26.2 Å². The Bertz CT molecular complexity index is 1500. The van der Waals surface area contributed by atoms with E-state index in [2.05, 4.69) is 5.32 Å². The molecule has 41 heavy (non-hydrogen) atoms. The molecule has 1 fully saturated rings. The summed E-state index contributed by atoms with van der Waals surface area (Å²) >= 11 is 6.23. The first-order valence-electron chi connectivity index (χ1n) is 14.0. The van der Waals surface area contributed by atoms with Gasteiger partial charge in [0.1, 0.15) is 12.6 Å². The van der Waals surface area contributed by atoms with E-state index in [1.54, 1.807) is 55.5 Å². The second kappa shape index (κ2) is 13.1. The van der Waals surface area contributed by atoms with Crippen molar-refractivity contribution in [1.29, 1.82) is 0 Å². The van der Waals surface area contributed by atoms with Crippen molar-refractivity contribution < 1.29 is 18.0 Å². The van der Waals surface area contributed by atoms with Gasteiger partial charge < -0.3 is 10.2 Å². The summed E-state index contributed by atoms with van der Waals surface area (Å²) in [7, 11) is -4.11. The number of hydrogen-bond donors (Lipinski definition) is 1. The van der Waals surface area contributed by atoms with Gasteiger partial charge in [-0.1, -0.05) is 72.0 Å². The van der Waals surface area contributed by atoms with E-state index in [0.717, 1.165) is 52.2 Å². The van der Waals surface area contributed by atoms with Crippen molar-refractivity contribution in [2.45, 2.75) is 76.9 Å². The van der Waals surface area contributed by atoms with Crippen molar-refractivity contribution in [3.8, 4) is 0 Å². The molecule has 0 aliphatic heterocycles. The van der Waals surface area contributed by atoms with Gasteiger partial charge in [-0.15, -0.1) is 0 Å². The van der Waals surface area contributed by atoms with E-state index in [1.807, 2.05) is 39.0 Å². The van der Waals surface area contributed by atoms with Crippen LogP contribution >= 0.6 is 11.6 Å². The zero-order valence-electron chi connectivity index (χ0n) is 24.1. The summed E-state index contributed by atoms with van der Waals surface area (Å²) in [4.78, 5) is 29.0. The Labute approximate surface area is 248 Å². The summed E-state index contributed by atoms with van der Waals surface area (Å²) < 4.78 is 29.2. The zero-order valence-corrected chi connectivity index (χ0v) is 25.6. The highest BCUT2D eigenvalue weighted by atomic mass is 35.5. The number of carbonyl (C=O) groups is 2. The lowest BCUT2D eigenvalue weighted by atomic mass is 10.1. The molecular weight excluding hydrogens is 558 g/mol. The fraction of sp³-hybridized carbons (Fsp3) is 0.375. The van der Waals surface area contributed by atoms with E-state index >= 15 is 0 Å². The third kappa shape index (κ3) is 7.49. The molecule has 7 nitrogen and oxygen atoms in total. The number of halogens is 1. The number of carbonyl (C=O) groups excluding carboxylic acids is 2. The Morgan fingerprint density at radius 1 is 0.951 bits per heavy atom. The van der Waals surface area contributed by atoms with Crippen LogP contribution < -0.4 is 9.62 Å². The Kier molecular flexibility index (Phi) is 9.76. The molecule has 0 bridgehead atoms. The third-order valence-electron chi connectivity index (χ3n) is 7.62. The van der Waals surface area contributed by atoms with Gasteiger partial charge in [0.25, 0.3) is 10.0 Å². The molecule has 0 unspecified atom stereocenters. The van der Waals surface area contributed by atoms with Gasteiger partial charge in [0.15, 0.2) is 0 Å². The summed E-state index contributed by atoms with van der Waals surface area (Å²) in [6.07, 6.45) is 3.95. The number of anilines is 1. The number of nitrogens with one attached hydrogen (secondary N) is 1. The molecule has 0 heterocycles. The van der Waals surface area contributed by atoms with Gasteiger partial charge in [0.05, 0.1) is 10.6 Å². The summed E-state index contributed by atoms with van der Waals surface area (Å²) in [5.41, 5.74) is 3.78. The fourth-order valence-corrected chi connectivity index (χ4v) is 6.93. The second-order valence-electron chi connectivity index (χ2n) is 10.9. The van der Waals surface area contributed by atoms with Crippen molar-refractivity contribution in [2.75, 3.05) is 10.8 Å². The lowest BCUT2D eigenvalue weighted by Gasteiger charge is -2.33. The molecule has 1 atom stereocenters. The average Bonchev–Trinajstić information content (AvgIpc) is 3.43. The first-order valence-corrected chi connectivity index (χ1v) is 15.8. The molecule has 3 aromatic rings. The minimum absolute atomic E-state index is 0.0849. The van der Waals surface area contributed by atoms with Crippen molar-refractivity contribution in [1.82, 2.24) is 10.2 Å². The third-order valence-corrected chi connectivity index (χ3v) is 9.63. The minimum Gasteiger partial charge on any atom is -0.352 e. The summed E-state index contributed by atoms with van der Waals surface area (Å²) in [5, 5.41) is 3.59. The van der Waals surface area contributed by atoms with Crippen LogP contribution in [0.15, 0.2) is 71.6 Å². The summed E-state index contributed by atoms with van der Waals surface area (Å²) in [6, 6.07) is 18.4. The molecule has 1 saturated carbocycles. The van der Waals surface area contributed by atoms with Crippen molar-refractivity contribution in [3.63, 3.8) is 0 Å². The SMILES string of the molecule is Cc1ccc(S(=O)(=O)N(CC(=O)N(Cc2cccc(Cl)c2)[C@H](C)C(=O)NC2CCCC2)c2ccc(C)cc2C)cc1. The quantitative estimate of drug-likeness (QED) is 0.314. The van der Waals surface area contributed by atoms with Crippen LogP contribution in [0.25, 0.3) is 0 Å². The maximum atomic E-state index is 14.1. The molecule has 0 aromatic heterocycles. The molecular formula is C32H38ClN3O4S. The van der Waals surface area contributed by atoms with E-state index in [4.69, 9.17) is 11.6 Å². The Morgan fingerprint density at radius 3 is 2.24 bits per heavy atom. The van der Waals surface area contributed by atoms with Crippen molar-refractivity contribution in [2.24, 2.45) is 0 Å². The monoisotopic (exact) mass is 595 g/mol. The van der Waals surface area contributed by atoms with Crippen LogP contribution in [-0.4, -0.2) is 43.8 Å². The summed E-state index contributed by atoms with van der Waals surface area (Å²) in [5.74, 6) is -0.749. The smallest absolute Gasteiger partial charge is 0.264 e. The predicted molar refractivity (Wildman–Crippen MR) is 163 cm³/mol. The normalized spacial score (nSPS) is 14.5. The Morgan fingerprint density at radius 2 is 1.61 bits per heavy atom. The van der Waals surface area contributed by atoms with Crippen LogP contribution in [0.2, 0.25) is 5.02 Å². The zero-order chi connectivity index (χ0) is 29.7. The molecule has 218 valence electrons. The van der Waals surface area contributed by atoms with Crippen LogP contribution in [0.1, 0.15) is 54.9 Å². The molecule has 0 radical (unpaired) electrons. The highest BCUT2D eigenvalue weighted by Gasteiger charge is 2.34. The molecule has 3 aromatic carbocycles. The number of rotatable bonds is 10. The van der Waals surface area contributed by atoms with Crippen molar-refractivity contribution in [3.05, 3.63) is 94.0 Å². The topological polar surface area (TPSA) is 86.8 Å². The summed E-state index contributed by atoms with van der Waals surface area (Å²) in [6.45, 7) is 6.95. The molecule has 9 heteroatoms. The molecule has 1 aliphatic rings. The first-order chi connectivity index (χ1) is 19.5. The lowest BCUT2D eigenvalue weighted by Crippen LogP contribution is -2.52. The second-order valence-corrected chi connectivity index (χ2v) is 13.2. The van der Waals surface area contributed by atoms with Crippen LogP contribution in [0.4, 0.5) is 5.69 Å². The minimum atomic E-state index is -4.11. The van der Waals surface area contributed by atoms with Gasteiger partial charge >= 0.3 is 0 Å². The lowest BCUT2D eigenvalue weighted by molar-refractivity contribution is -0.139. The van der Waals surface area contributed by atoms with Gasteiger partial charge in [0.2, 0.25) is 11.8 Å². The molecule has 1 aliphatic carbocycles.